The van der Waals surface area contributed by atoms with E-state index in [0.717, 1.165) is 16.5 Å². The maximum absolute atomic E-state index is 16.7. The average Bonchev–Trinajstić information content (AvgIpc) is 0.790. The van der Waals surface area contributed by atoms with E-state index in [9.17, 15) is 54.3 Å². The lowest BCUT2D eigenvalue weighted by atomic mass is 9.78. The predicted molar refractivity (Wildman–Crippen MR) is 361 cm³/mol. The number of piperidine rings is 1. The van der Waals surface area contributed by atoms with E-state index in [0.29, 0.717) is 120 Å². The number of carbonyl (C=O) groups is 6. The van der Waals surface area contributed by atoms with E-state index in [-0.39, 0.29) is 108 Å². The molecule has 1 aromatic heterocycles. The number of anilines is 1. The molecule has 5 heterocycles. The molecule has 1 aliphatic carbocycles. The number of carbonyl (C=O) groups excluding carboxylic acids is 6. The van der Waals surface area contributed by atoms with E-state index < -0.39 is 107 Å². The molecule has 3 aromatic rings. The zero-order chi connectivity index (χ0) is 69.7. The molecule has 14 atom stereocenters. The topological polar surface area (TPSA) is 288 Å². The number of nitrogens with zero attached hydrogens (tertiary/aromatic N) is 5. The maximum atomic E-state index is 16.7. The monoisotopic (exact) mass is 1380 g/mol. The van der Waals surface area contributed by atoms with E-state index in [1.54, 1.807) is 37.4 Å². The summed E-state index contributed by atoms with van der Waals surface area (Å²) in [6.45, 7) is 14.1. The molecule has 0 radical (unpaired) electrons. The Morgan fingerprint density at radius 2 is 1.66 bits per heavy atom. The molecule has 6 N–H and O–H groups in total. The first-order valence-corrected chi connectivity index (χ1v) is 35.4. The lowest BCUT2D eigenvalue weighted by Crippen LogP contribution is -2.64. The van der Waals surface area contributed by atoms with Crippen molar-refractivity contribution in [1.29, 1.82) is 0 Å². The smallest absolute Gasteiger partial charge is 0.329 e. The number of cyclic esters (lactones) is 1. The lowest BCUT2D eigenvalue weighted by molar-refractivity contribution is -0.302. The number of Topliss-reactive ketones (excluding diaryl/α,β-unsaturated/α-hetero) is 2. The van der Waals surface area contributed by atoms with Crippen LogP contribution in [0.15, 0.2) is 60.2 Å². The number of thioether (sulfide) groups is 1. The first-order chi connectivity index (χ1) is 45.8. The second-order valence-corrected chi connectivity index (χ2v) is 28.6. The number of rotatable bonds is 19. The minimum absolute atomic E-state index is 0.0251. The Hall–Kier alpha value is -5.96. The Kier molecular flexibility index (Phi) is 27.4. The van der Waals surface area contributed by atoms with Gasteiger partial charge in [-0.15, -0.1) is 0 Å². The minimum atomic E-state index is -2.59. The van der Waals surface area contributed by atoms with Crippen molar-refractivity contribution in [3.63, 3.8) is 0 Å². The number of halogens is 3. The molecule has 0 spiro atoms. The quantitative estimate of drug-likeness (QED) is 0.0216. The van der Waals surface area contributed by atoms with Gasteiger partial charge in [-0.25, -0.2) is 23.5 Å². The Bertz CT molecular complexity index is 3320. The predicted octanol–water partition coefficient (Wildman–Crippen LogP) is 8.39. The van der Waals surface area contributed by atoms with Gasteiger partial charge in [0.05, 0.1) is 35.0 Å². The fourth-order valence-corrected chi connectivity index (χ4v) is 15.6. The van der Waals surface area contributed by atoms with Crippen LogP contribution in [-0.2, 0) is 54.1 Å². The molecule has 21 nitrogen and oxygen atoms in total. The van der Waals surface area contributed by atoms with Crippen LogP contribution in [0.5, 0.6) is 5.75 Å². The number of piperazine rings is 1. The summed E-state index contributed by atoms with van der Waals surface area (Å²) in [5, 5.41) is 58.8. The molecule has 1 saturated carbocycles. The number of hydrogen-bond acceptors (Lipinski definition) is 19. The molecule has 3 amide bonds. The number of ketones is 2. The van der Waals surface area contributed by atoms with Crippen molar-refractivity contribution >= 4 is 75.3 Å². The van der Waals surface area contributed by atoms with Crippen molar-refractivity contribution in [1.82, 2.24) is 25.1 Å². The number of nitrogens with one attached hydrogen (secondary N) is 1. The summed E-state index contributed by atoms with van der Waals surface area (Å²) in [6.07, 6.45) is 4.69. The van der Waals surface area contributed by atoms with E-state index >= 15 is 8.78 Å². The zero-order valence-electron chi connectivity index (χ0n) is 56.3. The van der Waals surface area contributed by atoms with Crippen LogP contribution < -0.4 is 10.2 Å². The standard InChI is InChI=1S/C71H97ClF2N6O15S/c1-9-60(87)78-25-27-79(28-26-78)68-48-37-49(72)61(62-50(73)16-12-18-53(62)83)63(74)64(48)76-58(77-68)19-13-20-59(86)75-23-30-96-29-14-15-46-32-40(2)31-41(3)33-56(92-7)66-57(93-8)35-43(5)71(91,95-66)67(88)69(89)80-24-11-10-17-51(80)70(90)94-65(44(6)54(84)38-55(46)85)42(4)34-45-21-22-52(82)47(36-45)39-81/h9,12,16,18,32,34,37,41,43-47,51-52,54,56-57,65-66,81-84,91H,1,10-11,13-15,17,19-31,33,35-36,38-39H2,2-8H3,(H,75,86)/b40-32+,42-34+/t41-,43+,44+,45?,46+,47-,51-,52+,54-,56-,57-,65+,66+,71+/m0/s1. The molecule has 4 fully saturated rings. The molecule has 1 unspecified atom stereocenters. The van der Waals surface area contributed by atoms with Gasteiger partial charge in [0, 0.05) is 120 Å². The number of aliphatic hydroxyl groups is 4. The van der Waals surface area contributed by atoms with Gasteiger partial charge in [0.2, 0.25) is 17.6 Å². The molecule has 3 saturated heterocycles. The highest BCUT2D eigenvalue weighted by Gasteiger charge is 2.57. The molecular formula is C71H97ClF2N6O15S. The molecule has 2 aromatic carbocycles. The number of benzene rings is 2. The highest BCUT2D eigenvalue weighted by Crippen LogP contribution is 2.44. The number of hydrogen-bond donors (Lipinski definition) is 6. The largest absolute Gasteiger partial charge is 0.507 e. The fraction of sp³-hybridized carbons (Fsp3) is 0.634. The van der Waals surface area contributed by atoms with Crippen molar-refractivity contribution < 1.29 is 82.0 Å². The normalized spacial score (nSPS) is 30.1. The molecule has 4 aliphatic heterocycles. The number of phenolic OH excluding ortho intramolecular Hbond substituents is 1. The van der Waals surface area contributed by atoms with Crippen LogP contribution >= 0.6 is 23.4 Å². The Morgan fingerprint density at radius 1 is 0.927 bits per heavy atom. The molecule has 2 bridgehead atoms. The Morgan fingerprint density at radius 3 is 2.35 bits per heavy atom. The minimum Gasteiger partial charge on any atom is -0.507 e. The average molecular weight is 1380 g/mol. The number of allylic oxidation sites excluding steroid dienone is 3. The fourth-order valence-electron chi connectivity index (χ4n) is 14.5. The van der Waals surface area contributed by atoms with Crippen LogP contribution in [0.2, 0.25) is 5.02 Å². The van der Waals surface area contributed by atoms with Gasteiger partial charge in [-0.3, -0.25) is 24.0 Å². The summed E-state index contributed by atoms with van der Waals surface area (Å²) >= 11 is 8.25. The maximum Gasteiger partial charge on any atom is 0.329 e. The Balaban J connectivity index is 0.948. The van der Waals surface area contributed by atoms with Crippen molar-refractivity contribution in [2.24, 2.45) is 35.5 Å². The van der Waals surface area contributed by atoms with Gasteiger partial charge < -0.3 is 64.5 Å². The van der Waals surface area contributed by atoms with Gasteiger partial charge in [0.1, 0.15) is 52.8 Å². The van der Waals surface area contributed by atoms with Crippen molar-refractivity contribution in [3.05, 3.63) is 82.7 Å². The van der Waals surface area contributed by atoms with Gasteiger partial charge in [-0.05, 0) is 138 Å². The Labute approximate surface area is 570 Å². The van der Waals surface area contributed by atoms with Crippen LogP contribution in [-0.4, -0.2) is 201 Å². The number of esters is 1. The van der Waals surface area contributed by atoms with Crippen LogP contribution in [0.3, 0.4) is 0 Å². The number of aryl methyl sites for hydroxylation is 1. The summed E-state index contributed by atoms with van der Waals surface area (Å²) in [4.78, 5) is 98.2. The zero-order valence-corrected chi connectivity index (χ0v) is 57.9. The van der Waals surface area contributed by atoms with Crippen molar-refractivity contribution in [2.45, 2.75) is 179 Å². The summed E-state index contributed by atoms with van der Waals surface area (Å²) in [5.74, 6) is -9.95. The molecule has 8 rings (SSSR count). The highest BCUT2D eigenvalue weighted by atomic mass is 35.5. The van der Waals surface area contributed by atoms with Gasteiger partial charge in [-0.2, -0.15) is 11.8 Å². The highest BCUT2D eigenvalue weighted by molar-refractivity contribution is 7.99. The third-order valence-electron chi connectivity index (χ3n) is 20.0. The van der Waals surface area contributed by atoms with E-state index in [2.05, 4.69) is 16.9 Å². The van der Waals surface area contributed by atoms with E-state index in [1.165, 1.54) is 38.5 Å². The first-order valence-electron chi connectivity index (χ1n) is 33.9. The van der Waals surface area contributed by atoms with Crippen LogP contribution in [0.1, 0.15) is 130 Å². The number of aromatic hydroxyl groups is 1. The molecule has 528 valence electrons. The molecule has 96 heavy (non-hydrogen) atoms. The first kappa shape index (κ1) is 75.8. The number of amides is 3. The second kappa shape index (κ2) is 34.7. The lowest BCUT2D eigenvalue weighted by Gasteiger charge is -2.47. The van der Waals surface area contributed by atoms with Gasteiger partial charge in [0.25, 0.3) is 11.7 Å². The summed E-state index contributed by atoms with van der Waals surface area (Å²) in [6, 6.07) is 3.82. The number of methoxy groups -OCH3 is 2. The third kappa shape index (κ3) is 18.3. The number of fused-ring (bicyclic) bond motifs is 4. The SMILES string of the molecule is C=CC(=O)N1CCN(c2nc(CCCC(=O)NCCSCCC[C@@H]3/C=C(\C)C[C@H](C)C[C@H](OC)[C@H]4O[C@@](O)(C(=O)C(=O)N5CCCC[C@H]5C(=O)O[C@H](/C(C)=C/C5CC[C@@H](O)[C@H](CO)C5)[C@H](C)[C@@H](O)CC3=O)[C@H](C)C[C@@H]4OC)nc3c(F)c(-c4c(O)cccc4F)c(Cl)cc23)CC1. The molecule has 5 aliphatic rings. The van der Waals surface area contributed by atoms with Crippen molar-refractivity contribution in [2.75, 3.05) is 76.5 Å². The molecule has 25 heteroatoms. The van der Waals surface area contributed by atoms with Crippen LogP contribution in [0, 0.1) is 47.1 Å². The number of aliphatic hydroxyl groups excluding tert-OH is 3. The number of phenols is 1. The summed E-state index contributed by atoms with van der Waals surface area (Å²) < 4.78 is 56.6. The van der Waals surface area contributed by atoms with Gasteiger partial charge >= 0.3 is 5.97 Å². The van der Waals surface area contributed by atoms with E-state index in [1.807, 2.05) is 30.9 Å². The third-order valence-corrected chi connectivity index (χ3v) is 21.3. The van der Waals surface area contributed by atoms with E-state index in [4.69, 9.17) is 35.5 Å². The number of aromatic nitrogens is 2. The molecular weight excluding hydrogens is 1280 g/mol. The summed E-state index contributed by atoms with van der Waals surface area (Å²) in [5.41, 5.74) is 0.546. The summed E-state index contributed by atoms with van der Waals surface area (Å²) in [7, 11) is 3.01. The van der Waals surface area contributed by atoms with Crippen LogP contribution in [0.4, 0.5) is 14.6 Å². The van der Waals surface area contributed by atoms with Gasteiger partial charge in [-0.1, -0.05) is 62.7 Å². The van der Waals surface area contributed by atoms with Crippen molar-refractivity contribution in [3.8, 4) is 16.9 Å². The number of ether oxygens (including phenoxy) is 4. The van der Waals surface area contributed by atoms with Gasteiger partial charge in [0.15, 0.2) is 5.82 Å². The second-order valence-electron chi connectivity index (χ2n) is 26.9. The van der Waals surface area contributed by atoms with Crippen LogP contribution in [0.25, 0.3) is 22.0 Å².